The van der Waals surface area contributed by atoms with Crippen LogP contribution < -0.4 is 19.1 Å². The number of methoxy groups -OCH3 is 2. The van der Waals surface area contributed by atoms with Crippen LogP contribution in [0, 0.1) is 0 Å². The smallest absolute Gasteiger partial charge is 0.242 e. The highest BCUT2D eigenvalue weighted by atomic mass is 35.5. The van der Waals surface area contributed by atoms with Crippen LogP contribution in [0.1, 0.15) is 45.6 Å². The van der Waals surface area contributed by atoms with E-state index in [1.165, 1.54) is 22.4 Å². The number of benzene rings is 2. The Balaban J connectivity index is 2.22. The normalized spacial score (nSPS) is 12.8. The summed E-state index contributed by atoms with van der Waals surface area (Å²) in [6.07, 6.45) is 2.15. The minimum atomic E-state index is -3.64. The number of ether oxygens (including phenoxy) is 2. The minimum Gasteiger partial charge on any atom is -0.497 e. The number of amides is 2. The molecule has 0 aliphatic rings. The molecule has 0 saturated heterocycles. The fraction of sp³-hybridized carbons (Fsp3) is 0.481. The number of carbonyl (C=O) groups is 2. The van der Waals surface area contributed by atoms with Crippen LogP contribution in [0.5, 0.6) is 11.5 Å². The van der Waals surface area contributed by atoms with Gasteiger partial charge in [-0.1, -0.05) is 30.7 Å². The van der Waals surface area contributed by atoms with Crippen LogP contribution in [-0.4, -0.2) is 64.2 Å². The first kappa shape index (κ1) is 31.2. The van der Waals surface area contributed by atoms with Gasteiger partial charge in [0.05, 0.1) is 31.2 Å². The highest BCUT2D eigenvalue weighted by molar-refractivity contribution is 7.92. The van der Waals surface area contributed by atoms with E-state index in [0.717, 1.165) is 18.2 Å². The van der Waals surface area contributed by atoms with Gasteiger partial charge < -0.3 is 19.7 Å². The van der Waals surface area contributed by atoms with Crippen LogP contribution in [0.4, 0.5) is 5.69 Å². The van der Waals surface area contributed by atoms with E-state index in [-0.39, 0.29) is 48.8 Å². The molecule has 2 aromatic carbocycles. The summed E-state index contributed by atoms with van der Waals surface area (Å²) in [5, 5.41) is 3.21. The van der Waals surface area contributed by atoms with Gasteiger partial charge in [0.2, 0.25) is 21.8 Å². The Bertz CT molecular complexity index is 1210. The monoisotopic (exact) mass is 567 g/mol. The van der Waals surface area contributed by atoms with Gasteiger partial charge >= 0.3 is 0 Å². The Kier molecular flexibility index (Phi) is 11.7. The first-order chi connectivity index (χ1) is 17.9. The third-order valence-electron chi connectivity index (χ3n) is 6.23. The van der Waals surface area contributed by atoms with Crippen molar-refractivity contribution < 1.29 is 27.5 Å². The summed E-state index contributed by atoms with van der Waals surface area (Å²) >= 11 is 6.21. The predicted molar refractivity (Wildman–Crippen MR) is 150 cm³/mol. The van der Waals surface area contributed by atoms with Gasteiger partial charge in [0.15, 0.2) is 0 Å². The van der Waals surface area contributed by atoms with E-state index < -0.39 is 16.1 Å². The number of nitrogens with zero attached hydrogens (tertiary/aromatic N) is 2. The molecule has 0 saturated carbocycles. The van der Waals surface area contributed by atoms with Crippen LogP contribution in [-0.2, 0) is 26.2 Å². The Hall–Kier alpha value is -2.98. The molecular formula is C27H38ClN3O6S. The first-order valence-corrected chi connectivity index (χ1v) is 14.7. The van der Waals surface area contributed by atoms with E-state index in [9.17, 15) is 18.0 Å². The fourth-order valence-corrected chi connectivity index (χ4v) is 5.04. The van der Waals surface area contributed by atoms with E-state index in [1.54, 1.807) is 32.2 Å². The van der Waals surface area contributed by atoms with Gasteiger partial charge in [-0.25, -0.2) is 8.42 Å². The van der Waals surface area contributed by atoms with Crippen molar-refractivity contribution in [1.29, 1.82) is 0 Å². The summed E-state index contributed by atoms with van der Waals surface area (Å²) in [6, 6.07) is 11.3. The Morgan fingerprint density at radius 2 is 1.79 bits per heavy atom. The van der Waals surface area contributed by atoms with Crippen LogP contribution in [0.2, 0.25) is 5.02 Å². The summed E-state index contributed by atoms with van der Waals surface area (Å²) in [7, 11) is -0.606. The molecule has 1 N–H and O–H groups in total. The molecule has 2 rings (SSSR count). The number of halogens is 1. The van der Waals surface area contributed by atoms with Crippen LogP contribution in [0.15, 0.2) is 42.5 Å². The van der Waals surface area contributed by atoms with Crippen LogP contribution >= 0.6 is 11.6 Å². The summed E-state index contributed by atoms with van der Waals surface area (Å²) in [6.45, 7) is 5.84. The van der Waals surface area contributed by atoms with E-state index >= 15 is 0 Å². The van der Waals surface area contributed by atoms with Crippen molar-refractivity contribution >= 4 is 39.1 Å². The molecule has 210 valence electrons. The van der Waals surface area contributed by atoms with Gasteiger partial charge in [0, 0.05) is 25.6 Å². The second-order valence-corrected chi connectivity index (χ2v) is 11.4. The predicted octanol–water partition coefficient (Wildman–Crippen LogP) is 4.24. The average molecular weight is 568 g/mol. The molecule has 0 spiro atoms. The highest BCUT2D eigenvalue weighted by Gasteiger charge is 2.27. The van der Waals surface area contributed by atoms with Crippen molar-refractivity contribution in [2.75, 3.05) is 31.3 Å². The van der Waals surface area contributed by atoms with Gasteiger partial charge in [-0.05, 0) is 62.6 Å². The second-order valence-electron chi connectivity index (χ2n) is 9.12. The van der Waals surface area contributed by atoms with Crippen molar-refractivity contribution in [3.05, 3.63) is 53.1 Å². The highest BCUT2D eigenvalue weighted by Crippen LogP contribution is 2.30. The second kappa shape index (κ2) is 14.2. The lowest BCUT2D eigenvalue weighted by Gasteiger charge is -2.30. The Morgan fingerprint density at radius 1 is 1.08 bits per heavy atom. The van der Waals surface area contributed by atoms with E-state index in [4.69, 9.17) is 21.1 Å². The van der Waals surface area contributed by atoms with Crippen molar-refractivity contribution in [2.45, 2.75) is 58.7 Å². The van der Waals surface area contributed by atoms with Crippen molar-refractivity contribution in [3.8, 4) is 11.5 Å². The van der Waals surface area contributed by atoms with E-state index in [1.807, 2.05) is 32.0 Å². The largest absolute Gasteiger partial charge is 0.497 e. The molecule has 0 unspecified atom stereocenters. The molecule has 11 heteroatoms. The van der Waals surface area contributed by atoms with Gasteiger partial charge in [-0.3, -0.25) is 13.9 Å². The number of anilines is 1. The molecule has 38 heavy (non-hydrogen) atoms. The van der Waals surface area contributed by atoms with Gasteiger partial charge in [-0.2, -0.15) is 0 Å². The van der Waals surface area contributed by atoms with E-state index in [2.05, 4.69) is 5.32 Å². The summed E-state index contributed by atoms with van der Waals surface area (Å²) < 4.78 is 36.7. The first-order valence-electron chi connectivity index (χ1n) is 12.4. The number of sulfonamides is 1. The molecule has 0 radical (unpaired) electrons. The number of hydrogen-bond acceptors (Lipinski definition) is 6. The fourth-order valence-electron chi connectivity index (χ4n) is 3.83. The maximum atomic E-state index is 13.4. The maximum Gasteiger partial charge on any atom is 0.242 e. The molecule has 2 aromatic rings. The zero-order chi connectivity index (χ0) is 28.5. The molecule has 0 bridgehead atoms. The summed E-state index contributed by atoms with van der Waals surface area (Å²) in [4.78, 5) is 27.8. The number of hydrogen-bond donors (Lipinski definition) is 1. The molecule has 0 heterocycles. The van der Waals surface area contributed by atoms with Crippen molar-refractivity contribution in [3.63, 3.8) is 0 Å². The third-order valence-corrected chi connectivity index (χ3v) is 7.72. The zero-order valence-electron chi connectivity index (χ0n) is 22.9. The molecular weight excluding hydrogens is 530 g/mol. The number of nitrogens with one attached hydrogen (secondary N) is 1. The number of carbonyl (C=O) groups excluding carboxylic acids is 2. The summed E-state index contributed by atoms with van der Waals surface area (Å²) in [5.41, 5.74) is 1.19. The number of rotatable bonds is 14. The minimum absolute atomic E-state index is 0.0293. The lowest BCUT2D eigenvalue weighted by atomic mass is 10.1. The molecule has 9 nitrogen and oxygen atoms in total. The lowest BCUT2D eigenvalue weighted by molar-refractivity contribution is -0.140. The summed E-state index contributed by atoms with van der Waals surface area (Å²) in [5.74, 6) is 0.563. The van der Waals surface area contributed by atoms with Gasteiger partial charge in [0.25, 0.3) is 0 Å². The molecule has 0 aromatic heterocycles. The van der Waals surface area contributed by atoms with Crippen molar-refractivity contribution in [1.82, 2.24) is 10.2 Å². The zero-order valence-corrected chi connectivity index (χ0v) is 24.4. The molecule has 2 amide bonds. The van der Waals surface area contributed by atoms with Gasteiger partial charge in [0.1, 0.15) is 17.5 Å². The average Bonchev–Trinajstić information content (AvgIpc) is 2.88. The maximum absolute atomic E-state index is 13.4. The molecule has 0 aliphatic heterocycles. The van der Waals surface area contributed by atoms with Crippen molar-refractivity contribution in [2.24, 2.45) is 0 Å². The molecule has 0 aliphatic carbocycles. The standard InChI is InChI=1S/C27H38ClN3O6S/c1-7-19(2)29-27(33)20(3)30(18-21-10-8-11-23(16-21)36-4)26(32)12-9-15-31(38(6,34)35)22-13-14-25(37-5)24(28)17-22/h8,10-11,13-14,16-17,19-20H,7,9,12,15,18H2,1-6H3,(H,29,33)/t19-,20+/m0/s1. The Labute approximate surface area is 231 Å². The quantitative estimate of drug-likeness (QED) is 0.366. The molecule has 2 atom stereocenters. The molecule has 0 fully saturated rings. The van der Waals surface area contributed by atoms with Crippen LogP contribution in [0.3, 0.4) is 0 Å². The Morgan fingerprint density at radius 3 is 2.37 bits per heavy atom. The lowest BCUT2D eigenvalue weighted by Crippen LogP contribution is -2.49. The van der Waals surface area contributed by atoms with Crippen LogP contribution in [0.25, 0.3) is 0 Å². The topological polar surface area (TPSA) is 105 Å². The van der Waals surface area contributed by atoms with Gasteiger partial charge in [-0.15, -0.1) is 0 Å². The third kappa shape index (κ3) is 8.80. The SMILES string of the molecule is CC[C@H](C)NC(=O)[C@@H](C)N(Cc1cccc(OC)c1)C(=O)CCCN(c1ccc(OC)c(Cl)c1)S(C)(=O)=O. The van der Waals surface area contributed by atoms with E-state index in [0.29, 0.717) is 17.2 Å².